The van der Waals surface area contributed by atoms with Gasteiger partial charge in [-0.15, -0.1) is 0 Å². The van der Waals surface area contributed by atoms with E-state index in [0.717, 1.165) is 6.54 Å². The van der Waals surface area contributed by atoms with Gasteiger partial charge in [-0.1, -0.05) is 13.8 Å². The van der Waals surface area contributed by atoms with Crippen LogP contribution in [-0.2, 0) is 4.79 Å². The summed E-state index contributed by atoms with van der Waals surface area (Å²) >= 11 is 0. The number of urea groups is 1. The lowest BCUT2D eigenvalue weighted by molar-refractivity contribution is -0.140. The molecule has 1 aliphatic rings. The molecule has 0 bridgehead atoms. The van der Waals surface area contributed by atoms with Gasteiger partial charge in [0.2, 0.25) is 0 Å². The number of nitrogens with zero attached hydrogens (tertiary/aromatic N) is 1. The maximum absolute atomic E-state index is 11.7. The Morgan fingerprint density at radius 1 is 1.44 bits per heavy atom. The van der Waals surface area contributed by atoms with Crippen molar-refractivity contribution >= 4 is 12.0 Å². The zero-order chi connectivity index (χ0) is 12.3. The quantitative estimate of drug-likeness (QED) is 0.741. The number of hydrogen-bond acceptors (Lipinski definition) is 2. The number of carbonyl (C=O) groups is 2. The summed E-state index contributed by atoms with van der Waals surface area (Å²) in [5.41, 5.74) is 0. The summed E-state index contributed by atoms with van der Waals surface area (Å²) in [6.07, 6.45) is 2.34. The van der Waals surface area contributed by atoms with E-state index in [0.29, 0.717) is 5.92 Å². The second-order valence-electron chi connectivity index (χ2n) is 4.83. The Kier molecular flexibility index (Phi) is 4.15. The normalized spacial score (nSPS) is 17.0. The third-order valence-electron chi connectivity index (χ3n) is 2.79. The summed E-state index contributed by atoms with van der Waals surface area (Å²) in [5.74, 6) is -0.489. The maximum Gasteiger partial charge on any atom is 0.326 e. The van der Waals surface area contributed by atoms with E-state index in [1.165, 1.54) is 12.8 Å². The summed E-state index contributed by atoms with van der Waals surface area (Å²) in [6, 6.07) is -1.11. The van der Waals surface area contributed by atoms with Gasteiger partial charge >= 0.3 is 12.0 Å². The summed E-state index contributed by atoms with van der Waals surface area (Å²) in [6.45, 7) is 4.27. The van der Waals surface area contributed by atoms with Gasteiger partial charge in [0.05, 0.1) is 0 Å². The number of aliphatic carboxylic acids is 1. The second kappa shape index (κ2) is 5.18. The van der Waals surface area contributed by atoms with Crippen LogP contribution in [0.5, 0.6) is 0 Å². The smallest absolute Gasteiger partial charge is 0.326 e. The number of carbonyl (C=O) groups excluding carboxylic acids is 1. The van der Waals surface area contributed by atoms with E-state index in [9.17, 15) is 9.59 Å². The molecule has 92 valence electrons. The summed E-state index contributed by atoms with van der Waals surface area (Å²) in [7, 11) is 1.70. The lowest BCUT2D eigenvalue weighted by Gasteiger charge is -2.23. The highest BCUT2D eigenvalue weighted by atomic mass is 16.4. The molecule has 0 heterocycles. The Morgan fingerprint density at radius 3 is 2.38 bits per heavy atom. The molecule has 2 N–H and O–H groups in total. The molecule has 16 heavy (non-hydrogen) atoms. The van der Waals surface area contributed by atoms with Gasteiger partial charge < -0.3 is 15.3 Å². The molecular formula is C11H20N2O3. The van der Waals surface area contributed by atoms with Crippen LogP contribution in [-0.4, -0.2) is 41.6 Å². The van der Waals surface area contributed by atoms with Crippen LogP contribution >= 0.6 is 0 Å². The van der Waals surface area contributed by atoms with E-state index in [1.807, 2.05) is 0 Å². The first-order valence-electron chi connectivity index (χ1n) is 5.66. The first kappa shape index (κ1) is 12.8. The Labute approximate surface area is 95.8 Å². The van der Waals surface area contributed by atoms with Gasteiger partial charge in [0.15, 0.2) is 0 Å². The Balaban J connectivity index is 2.43. The van der Waals surface area contributed by atoms with E-state index in [1.54, 1.807) is 25.8 Å². The monoisotopic (exact) mass is 228 g/mol. The third-order valence-corrected chi connectivity index (χ3v) is 2.79. The fourth-order valence-electron chi connectivity index (χ4n) is 1.53. The summed E-state index contributed by atoms with van der Waals surface area (Å²) < 4.78 is 0. The molecule has 1 rings (SSSR count). The minimum absolute atomic E-state index is 0.115. The van der Waals surface area contributed by atoms with Crippen LogP contribution in [0.25, 0.3) is 0 Å². The van der Waals surface area contributed by atoms with Crippen molar-refractivity contribution in [2.24, 2.45) is 11.8 Å². The van der Waals surface area contributed by atoms with E-state index >= 15 is 0 Å². The number of amides is 2. The van der Waals surface area contributed by atoms with Crippen molar-refractivity contribution in [3.63, 3.8) is 0 Å². The molecule has 0 unspecified atom stereocenters. The van der Waals surface area contributed by atoms with Crippen molar-refractivity contribution in [1.29, 1.82) is 0 Å². The molecule has 0 aromatic carbocycles. The zero-order valence-electron chi connectivity index (χ0n) is 10.1. The standard InChI is InChI=1S/C11H20N2O3/c1-7(2)9(10(14)15)12-11(16)13(3)6-8-4-5-8/h7-9H,4-6H2,1-3H3,(H,12,16)(H,14,15)/t9-/m0/s1. The second-order valence-corrected chi connectivity index (χ2v) is 4.83. The third kappa shape index (κ3) is 3.72. The molecular weight excluding hydrogens is 208 g/mol. The van der Waals surface area contributed by atoms with Gasteiger partial charge in [0.1, 0.15) is 6.04 Å². The van der Waals surface area contributed by atoms with Gasteiger partial charge in [-0.05, 0) is 24.7 Å². The highest BCUT2D eigenvalue weighted by molar-refractivity contribution is 5.82. The van der Waals surface area contributed by atoms with E-state index < -0.39 is 12.0 Å². The first-order valence-corrected chi connectivity index (χ1v) is 5.66. The van der Waals surface area contributed by atoms with Crippen molar-refractivity contribution in [2.45, 2.75) is 32.7 Å². The molecule has 0 aromatic heterocycles. The SMILES string of the molecule is CC(C)[C@H](NC(=O)N(C)CC1CC1)C(=O)O. The number of carboxylic acids is 1. The lowest BCUT2D eigenvalue weighted by Crippen LogP contribution is -2.49. The molecule has 0 radical (unpaired) electrons. The minimum atomic E-state index is -0.983. The van der Waals surface area contributed by atoms with Crippen LogP contribution in [0.15, 0.2) is 0 Å². The minimum Gasteiger partial charge on any atom is -0.480 e. The molecule has 1 saturated carbocycles. The van der Waals surface area contributed by atoms with Gasteiger partial charge in [0, 0.05) is 13.6 Å². The van der Waals surface area contributed by atoms with Crippen LogP contribution in [0.2, 0.25) is 0 Å². The number of carboxylic acid groups (broad SMARTS) is 1. The topological polar surface area (TPSA) is 69.6 Å². The van der Waals surface area contributed by atoms with Crippen molar-refractivity contribution < 1.29 is 14.7 Å². The predicted molar refractivity (Wildman–Crippen MR) is 60.1 cm³/mol. The van der Waals surface area contributed by atoms with Crippen molar-refractivity contribution in [1.82, 2.24) is 10.2 Å². The van der Waals surface area contributed by atoms with Gasteiger partial charge in [-0.3, -0.25) is 0 Å². The lowest BCUT2D eigenvalue weighted by atomic mass is 10.1. The Hall–Kier alpha value is -1.26. The molecule has 0 aliphatic heterocycles. The molecule has 5 heteroatoms. The molecule has 1 fully saturated rings. The van der Waals surface area contributed by atoms with E-state index in [2.05, 4.69) is 5.32 Å². The van der Waals surface area contributed by atoms with Crippen LogP contribution in [0, 0.1) is 11.8 Å². The first-order chi connectivity index (χ1) is 7.41. The average molecular weight is 228 g/mol. The fourth-order valence-corrected chi connectivity index (χ4v) is 1.53. The zero-order valence-corrected chi connectivity index (χ0v) is 10.1. The largest absolute Gasteiger partial charge is 0.480 e. The molecule has 1 aliphatic carbocycles. The van der Waals surface area contributed by atoms with Gasteiger partial charge in [-0.2, -0.15) is 0 Å². The summed E-state index contributed by atoms with van der Waals surface area (Å²) in [4.78, 5) is 24.1. The van der Waals surface area contributed by atoms with Crippen molar-refractivity contribution in [2.75, 3.05) is 13.6 Å². The van der Waals surface area contributed by atoms with Crippen molar-refractivity contribution in [3.8, 4) is 0 Å². The van der Waals surface area contributed by atoms with E-state index in [4.69, 9.17) is 5.11 Å². The highest BCUT2D eigenvalue weighted by Crippen LogP contribution is 2.29. The molecule has 0 aromatic rings. The van der Waals surface area contributed by atoms with Gasteiger partial charge in [-0.25, -0.2) is 9.59 Å². The molecule has 0 saturated heterocycles. The number of hydrogen-bond donors (Lipinski definition) is 2. The Bertz CT molecular complexity index is 274. The van der Waals surface area contributed by atoms with E-state index in [-0.39, 0.29) is 11.9 Å². The predicted octanol–water partition coefficient (Wildman–Crippen LogP) is 1.15. The van der Waals surface area contributed by atoms with Crippen LogP contribution < -0.4 is 5.32 Å². The molecule has 2 amide bonds. The van der Waals surface area contributed by atoms with Crippen LogP contribution in [0.3, 0.4) is 0 Å². The Morgan fingerprint density at radius 2 is 2.00 bits per heavy atom. The highest BCUT2D eigenvalue weighted by Gasteiger charge is 2.28. The van der Waals surface area contributed by atoms with Gasteiger partial charge in [0.25, 0.3) is 0 Å². The van der Waals surface area contributed by atoms with Crippen LogP contribution in [0.1, 0.15) is 26.7 Å². The average Bonchev–Trinajstić information content (AvgIpc) is 2.96. The van der Waals surface area contributed by atoms with Crippen LogP contribution in [0.4, 0.5) is 4.79 Å². The van der Waals surface area contributed by atoms with Crippen molar-refractivity contribution in [3.05, 3.63) is 0 Å². The molecule has 5 nitrogen and oxygen atoms in total. The summed E-state index contributed by atoms with van der Waals surface area (Å²) in [5, 5.41) is 11.5. The number of rotatable bonds is 5. The fraction of sp³-hybridized carbons (Fsp3) is 0.818. The molecule has 0 spiro atoms. The number of nitrogens with one attached hydrogen (secondary N) is 1. The maximum atomic E-state index is 11.7. The molecule has 1 atom stereocenters.